The molecule has 8 nitrogen and oxygen atoms in total. The van der Waals surface area contributed by atoms with Crippen LogP contribution in [0.4, 0.5) is 5.69 Å². The third-order valence-electron chi connectivity index (χ3n) is 4.13. The molecule has 1 amide bonds. The molecule has 1 aliphatic heterocycles. The van der Waals surface area contributed by atoms with E-state index in [1.54, 1.807) is 54.7 Å². The third kappa shape index (κ3) is 4.78. The lowest BCUT2D eigenvalue weighted by Gasteiger charge is -2.29. The summed E-state index contributed by atoms with van der Waals surface area (Å²) in [6, 6.07) is 7.18. The smallest absolute Gasteiger partial charge is 0.338 e. The van der Waals surface area contributed by atoms with E-state index in [9.17, 15) is 9.59 Å². The molecule has 0 saturated carbocycles. The van der Waals surface area contributed by atoms with Crippen molar-refractivity contribution in [1.29, 1.82) is 0 Å². The maximum absolute atomic E-state index is 12.4. The summed E-state index contributed by atoms with van der Waals surface area (Å²) in [6.45, 7) is 8.32. The highest BCUT2D eigenvalue weighted by Crippen LogP contribution is 2.24. The number of esters is 1. The van der Waals surface area contributed by atoms with Gasteiger partial charge in [0.25, 0.3) is 5.91 Å². The number of rotatable bonds is 7. The molecular weight excluding hydrogens is 372 g/mol. The molecule has 0 fully saturated rings. The van der Waals surface area contributed by atoms with Crippen molar-refractivity contribution in [3.63, 3.8) is 0 Å². The molecule has 29 heavy (non-hydrogen) atoms. The van der Waals surface area contributed by atoms with Crippen LogP contribution < -0.4 is 15.0 Å². The van der Waals surface area contributed by atoms with Gasteiger partial charge in [-0.25, -0.2) is 14.8 Å². The maximum atomic E-state index is 12.4. The number of ether oxygens (including phenoxy) is 2. The lowest BCUT2D eigenvalue weighted by molar-refractivity contribution is -0.117. The SMILES string of the molecule is C=C1NC(=O)C(Cc2cnc(OCC)nc2)=CN1c1ccc(C(=O)OCC)cc1. The monoisotopic (exact) mass is 394 g/mol. The van der Waals surface area contributed by atoms with Gasteiger partial charge < -0.3 is 19.7 Å². The van der Waals surface area contributed by atoms with Crippen molar-refractivity contribution in [2.45, 2.75) is 20.3 Å². The van der Waals surface area contributed by atoms with Crippen LogP contribution in [0.2, 0.25) is 0 Å². The molecule has 0 spiro atoms. The van der Waals surface area contributed by atoms with Gasteiger partial charge >= 0.3 is 12.0 Å². The number of hydrogen-bond acceptors (Lipinski definition) is 7. The number of carbonyl (C=O) groups excluding carboxylic acids is 2. The number of amides is 1. The first-order valence-corrected chi connectivity index (χ1v) is 9.23. The molecule has 2 heterocycles. The Balaban J connectivity index is 1.80. The van der Waals surface area contributed by atoms with Crippen LogP contribution in [0, 0.1) is 0 Å². The number of carbonyl (C=O) groups is 2. The summed E-state index contributed by atoms with van der Waals surface area (Å²) in [5.41, 5.74) is 2.51. The van der Waals surface area contributed by atoms with Crippen LogP contribution in [-0.2, 0) is 16.0 Å². The zero-order valence-corrected chi connectivity index (χ0v) is 16.3. The van der Waals surface area contributed by atoms with E-state index in [-0.39, 0.29) is 11.9 Å². The second-order valence-corrected chi connectivity index (χ2v) is 6.18. The van der Waals surface area contributed by atoms with Crippen LogP contribution >= 0.6 is 0 Å². The third-order valence-corrected chi connectivity index (χ3v) is 4.13. The van der Waals surface area contributed by atoms with Gasteiger partial charge in [0, 0.05) is 36.3 Å². The molecule has 0 radical (unpaired) electrons. The summed E-state index contributed by atoms with van der Waals surface area (Å²) >= 11 is 0. The lowest BCUT2D eigenvalue weighted by atomic mass is 10.1. The van der Waals surface area contributed by atoms with Gasteiger partial charge in [0.1, 0.15) is 5.82 Å². The van der Waals surface area contributed by atoms with Gasteiger partial charge in [0.15, 0.2) is 0 Å². The van der Waals surface area contributed by atoms with Crippen LogP contribution in [-0.4, -0.2) is 35.1 Å². The minimum Gasteiger partial charge on any atom is -0.464 e. The number of anilines is 1. The molecule has 1 aromatic carbocycles. The first kappa shape index (κ1) is 20.1. The quantitative estimate of drug-likeness (QED) is 0.722. The Bertz CT molecular complexity index is 936. The summed E-state index contributed by atoms with van der Waals surface area (Å²) in [5.74, 6) is -0.189. The summed E-state index contributed by atoms with van der Waals surface area (Å²) < 4.78 is 10.2. The van der Waals surface area contributed by atoms with Gasteiger partial charge in [-0.1, -0.05) is 6.58 Å². The molecule has 0 unspecified atom stereocenters. The summed E-state index contributed by atoms with van der Waals surface area (Å²) in [4.78, 5) is 34.2. The first-order valence-electron chi connectivity index (χ1n) is 9.23. The summed E-state index contributed by atoms with van der Waals surface area (Å²) in [6.07, 6.45) is 5.34. The van der Waals surface area contributed by atoms with Crippen LogP contribution in [0.15, 0.2) is 60.8 Å². The Morgan fingerprint density at radius 1 is 1.14 bits per heavy atom. The Hall–Kier alpha value is -3.68. The van der Waals surface area contributed by atoms with Crippen molar-refractivity contribution in [3.05, 3.63) is 72.0 Å². The van der Waals surface area contributed by atoms with E-state index in [4.69, 9.17) is 9.47 Å². The van der Waals surface area contributed by atoms with Crippen LogP contribution in [0.3, 0.4) is 0 Å². The Morgan fingerprint density at radius 3 is 2.45 bits per heavy atom. The zero-order valence-electron chi connectivity index (χ0n) is 16.3. The fourth-order valence-corrected chi connectivity index (χ4v) is 2.75. The zero-order chi connectivity index (χ0) is 20.8. The average molecular weight is 394 g/mol. The van der Waals surface area contributed by atoms with E-state index in [2.05, 4.69) is 21.9 Å². The molecule has 3 rings (SSSR count). The molecule has 0 bridgehead atoms. The van der Waals surface area contributed by atoms with E-state index in [0.29, 0.717) is 42.6 Å². The number of aromatic nitrogens is 2. The Morgan fingerprint density at radius 2 is 1.83 bits per heavy atom. The van der Waals surface area contributed by atoms with Gasteiger partial charge in [-0.15, -0.1) is 0 Å². The Labute approximate surface area is 168 Å². The molecule has 0 aliphatic carbocycles. The van der Waals surface area contributed by atoms with Gasteiger partial charge in [-0.05, 0) is 43.7 Å². The normalized spacial score (nSPS) is 13.6. The van der Waals surface area contributed by atoms with E-state index in [1.165, 1.54) is 0 Å². The number of hydrogen-bond donors (Lipinski definition) is 1. The highest BCUT2D eigenvalue weighted by atomic mass is 16.5. The van der Waals surface area contributed by atoms with Crippen LogP contribution in [0.1, 0.15) is 29.8 Å². The average Bonchev–Trinajstić information content (AvgIpc) is 2.72. The predicted octanol–water partition coefficient (Wildman–Crippen LogP) is 2.59. The van der Waals surface area contributed by atoms with Crippen LogP contribution in [0.5, 0.6) is 6.01 Å². The van der Waals surface area contributed by atoms with Crippen molar-refractivity contribution in [2.75, 3.05) is 18.1 Å². The minimum absolute atomic E-state index is 0.233. The number of nitrogens with zero attached hydrogens (tertiary/aromatic N) is 3. The van der Waals surface area contributed by atoms with Crippen LogP contribution in [0.25, 0.3) is 0 Å². The van der Waals surface area contributed by atoms with Gasteiger partial charge in [-0.3, -0.25) is 4.79 Å². The fraction of sp³-hybridized carbons (Fsp3) is 0.238. The highest BCUT2D eigenvalue weighted by molar-refractivity contribution is 5.97. The molecular formula is C21H22N4O4. The standard InChI is InChI=1S/C21H22N4O4/c1-4-28-20(27)16-6-8-18(9-7-16)25-13-17(19(26)24-14(25)3)10-15-11-22-21(23-12-15)29-5-2/h6-9,11-13H,3-5,10H2,1-2H3,(H,24,26). The van der Waals surface area contributed by atoms with E-state index >= 15 is 0 Å². The molecule has 1 aliphatic rings. The van der Waals surface area contributed by atoms with Crippen molar-refractivity contribution >= 4 is 17.6 Å². The predicted molar refractivity (Wildman–Crippen MR) is 107 cm³/mol. The Kier molecular flexibility index (Phi) is 6.23. The lowest BCUT2D eigenvalue weighted by Crippen LogP contribution is -2.38. The summed E-state index contributed by atoms with van der Waals surface area (Å²) in [5, 5.41) is 2.75. The van der Waals surface area contributed by atoms with Crippen molar-refractivity contribution in [1.82, 2.24) is 15.3 Å². The molecule has 150 valence electrons. The minimum atomic E-state index is -0.378. The van der Waals surface area contributed by atoms with Crippen molar-refractivity contribution in [2.24, 2.45) is 0 Å². The van der Waals surface area contributed by atoms with Crippen molar-refractivity contribution < 1.29 is 19.1 Å². The molecule has 0 saturated heterocycles. The topological polar surface area (TPSA) is 93.6 Å². The molecule has 1 aromatic heterocycles. The van der Waals surface area contributed by atoms with E-state index in [1.807, 2.05) is 6.92 Å². The molecule has 2 aromatic rings. The molecule has 8 heteroatoms. The van der Waals surface area contributed by atoms with E-state index in [0.717, 1.165) is 11.3 Å². The first-order chi connectivity index (χ1) is 14.0. The second-order valence-electron chi connectivity index (χ2n) is 6.18. The number of nitrogens with one attached hydrogen (secondary N) is 1. The number of benzene rings is 1. The van der Waals surface area contributed by atoms with E-state index < -0.39 is 0 Å². The second kappa shape index (κ2) is 9.01. The highest BCUT2D eigenvalue weighted by Gasteiger charge is 2.22. The summed E-state index contributed by atoms with van der Waals surface area (Å²) in [7, 11) is 0. The molecule has 1 N–H and O–H groups in total. The fourth-order valence-electron chi connectivity index (χ4n) is 2.75. The van der Waals surface area contributed by atoms with Gasteiger partial charge in [-0.2, -0.15) is 0 Å². The van der Waals surface area contributed by atoms with Gasteiger partial charge in [0.05, 0.1) is 18.8 Å². The maximum Gasteiger partial charge on any atom is 0.338 e. The van der Waals surface area contributed by atoms with Crippen molar-refractivity contribution in [3.8, 4) is 6.01 Å². The molecule has 0 atom stereocenters. The van der Waals surface area contributed by atoms with Gasteiger partial charge in [0.2, 0.25) is 0 Å². The largest absolute Gasteiger partial charge is 0.464 e.